The number of likely N-dealkylation sites (tertiary alicyclic amines) is 1. The lowest BCUT2D eigenvalue weighted by Gasteiger charge is -2.38. The van der Waals surface area contributed by atoms with Gasteiger partial charge in [-0.05, 0) is 106 Å². The summed E-state index contributed by atoms with van der Waals surface area (Å²) in [6.07, 6.45) is 6.57. The molecule has 9 heteroatoms. The minimum Gasteiger partial charge on any atom is -0.490 e. The van der Waals surface area contributed by atoms with Crippen molar-refractivity contribution in [3.63, 3.8) is 0 Å². The maximum atomic E-state index is 13.0. The number of amides is 3. The van der Waals surface area contributed by atoms with Crippen LogP contribution in [0.15, 0.2) is 66.7 Å². The molecule has 1 fully saturated rings. The van der Waals surface area contributed by atoms with Crippen LogP contribution in [-0.4, -0.2) is 62.2 Å². The van der Waals surface area contributed by atoms with Gasteiger partial charge >= 0.3 is 6.03 Å². The third-order valence-electron chi connectivity index (χ3n) is 8.63. The van der Waals surface area contributed by atoms with Crippen molar-refractivity contribution in [2.45, 2.75) is 78.3 Å². The van der Waals surface area contributed by atoms with Crippen LogP contribution in [0, 0.1) is 0 Å². The molecule has 0 spiro atoms. The lowest BCUT2D eigenvalue weighted by molar-refractivity contribution is 0.102. The molecule has 0 aliphatic carbocycles. The van der Waals surface area contributed by atoms with E-state index in [2.05, 4.69) is 39.7 Å². The van der Waals surface area contributed by atoms with Gasteiger partial charge in [0.15, 0.2) is 11.5 Å². The second-order valence-electron chi connectivity index (χ2n) is 11.9. The summed E-state index contributed by atoms with van der Waals surface area (Å²) < 4.78 is 11.9. The van der Waals surface area contributed by atoms with Crippen LogP contribution in [0.1, 0.15) is 76.6 Å². The maximum absolute atomic E-state index is 13.0. The molecule has 0 radical (unpaired) electrons. The number of benzene rings is 3. The molecule has 3 N–H and O–H groups in total. The van der Waals surface area contributed by atoms with E-state index in [0.717, 1.165) is 44.5 Å². The zero-order valence-electron chi connectivity index (χ0n) is 28.1. The van der Waals surface area contributed by atoms with Gasteiger partial charge in [-0.2, -0.15) is 0 Å². The first-order chi connectivity index (χ1) is 22.3. The van der Waals surface area contributed by atoms with Gasteiger partial charge in [0, 0.05) is 60.9 Å². The molecule has 3 amide bonds. The quantitative estimate of drug-likeness (QED) is 0.157. The number of carbonyl (C=O) groups is 2. The molecule has 0 unspecified atom stereocenters. The molecule has 3 aromatic rings. The summed E-state index contributed by atoms with van der Waals surface area (Å²) in [5, 5.41) is 8.82. The molecule has 46 heavy (non-hydrogen) atoms. The molecule has 1 aliphatic rings. The van der Waals surface area contributed by atoms with Gasteiger partial charge < -0.3 is 35.2 Å². The van der Waals surface area contributed by atoms with Crippen molar-refractivity contribution in [2.75, 3.05) is 48.8 Å². The van der Waals surface area contributed by atoms with Gasteiger partial charge in [-0.25, -0.2) is 4.79 Å². The van der Waals surface area contributed by atoms with E-state index >= 15 is 0 Å². The monoisotopic (exact) mass is 629 g/mol. The highest BCUT2D eigenvalue weighted by Gasteiger charge is 2.22. The predicted molar refractivity (Wildman–Crippen MR) is 188 cm³/mol. The van der Waals surface area contributed by atoms with Crippen LogP contribution in [0.5, 0.6) is 17.2 Å². The molecule has 9 nitrogen and oxygen atoms in total. The van der Waals surface area contributed by atoms with Crippen LogP contribution >= 0.6 is 0 Å². The fourth-order valence-corrected chi connectivity index (χ4v) is 5.69. The number of hydrogen-bond donors (Lipinski definition) is 3. The van der Waals surface area contributed by atoms with Crippen LogP contribution in [-0.2, 0) is 0 Å². The molecule has 1 saturated heterocycles. The number of piperidine rings is 1. The van der Waals surface area contributed by atoms with Crippen molar-refractivity contribution in [1.29, 1.82) is 0 Å². The predicted octanol–water partition coefficient (Wildman–Crippen LogP) is 8.14. The van der Waals surface area contributed by atoms with Gasteiger partial charge in [0.25, 0.3) is 5.91 Å². The Bertz CT molecular complexity index is 1380. The Morgan fingerprint density at radius 1 is 0.870 bits per heavy atom. The van der Waals surface area contributed by atoms with E-state index in [9.17, 15) is 9.59 Å². The number of rotatable bonds is 15. The first-order valence-electron chi connectivity index (χ1n) is 16.8. The molecule has 4 rings (SSSR count). The standard InChI is InChI=1S/C37H51N5O4/c1-6-10-23-42-24-21-32(22-25-42)41(5)31-16-11-27(12-17-31)36(43)38-29-13-18-33(19-14-29)46-34-20-15-30(26-35(34)45-9-4)40-37(44)39-28(7-2)8-3/h11-20,26,28,32H,6-10,21-25H2,1-5H3,(H,38,43)(H2,39,40,44). The summed E-state index contributed by atoms with van der Waals surface area (Å²) in [7, 11) is 2.15. The SMILES string of the molecule is CCCCN1CCC(N(C)c2ccc(C(=O)Nc3ccc(Oc4ccc(NC(=O)NC(CC)CC)cc4OCC)cc3)cc2)CC1. The van der Waals surface area contributed by atoms with Crippen molar-refractivity contribution in [1.82, 2.24) is 10.2 Å². The van der Waals surface area contributed by atoms with Gasteiger partial charge in [0.05, 0.1) is 6.61 Å². The number of hydrogen-bond acceptors (Lipinski definition) is 6. The van der Waals surface area contributed by atoms with Gasteiger partial charge in [-0.15, -0.1) is 0 Å². The highest BCUT2D eigenvalue weighted by Crippen LogP contribution is 2.34. The van der Waals surface area contributed by atoms with Crippen molar-refractivity contribution in [3.8, 4) is 17.2 Å². The van der Waals surface area contributed by atoms with Crippen molar-refractivity contribution in [3.05, 3.63) is 72.3 Å². The molecule has 0 saturated carbocycles. The van der Waals surface area contributed by atoms with Gasteiger partial charge in [0.1, 0.15) is 5.75 Å². The number of urea groups is 1. The summed E-state index contributed by atoms with van der Waals surface area (Å²) in [6, 6.07) is 20.7. The summed E-state index contributed by atoms with van der Waals surface area (Å²) in [4.78, 5) is 30.3. The number of unbranched alkanes of at least 4 members (excludes halogenated alkanes) is 1. The summed E-state index contributed by atoms with van der Waals surface area (Å²) in [5.41, 5.74) is 3.02. The van der Waals surface area contributed by atoms with E-state index in [-0.39, 0.29) is 18.0 Å². The largest absolute Gasteiger partial charge is 0.490 e. The Balaban J connectivity index is 1.31. The molecule has 1 heterocycles. The summed E-state index contributed by atoms with van der Waals surface area (Å²) in [5.74, 6) is 1.47. The van der Waals surface area contributed by atoms with Crippen molar-refractivity contribution >= 4 is 29.0 Å². The number of carbonyl (C=O) groups excluding carboxylic acids is 2. The van der Waals surface area contributed by atoms with Crippen LogP contribution in [0.4, 0.5) is 21.9 Å². The lowest BCUT2D eigenvalue weighted by atomic mass is 10.0. The Hall–Kier alpha value is -4.24. The van der Waals surface area contributed by atoms with Gasteiger partial charge in [0.2, 0.25) is 0 Å². The summed E-state index contributed by atoms with van der Waals surface area (Å²) >= 11 is 0. The molecular weight excluding hydrogens is 578 g/mol. The smallest absolute Gasteiger partial charge is 0.319 e. The highest BCUT2D eigenvalue weighted by molar-refractivity contribution is 6.04. The van der Waals surface area contributed by atoms with E-state index in [1.165, 1.54) is 19.4 Å². The highest BCUT2D eigenvalue weighted by atomic mass is 16.5. The second kappa shape index (κ2) is 17.5. The summed E-state index contributed by atoms with van der Waals surface area (Å²) in [6.45, 7) is 12.2. The molecule has 3 aromatic carbocycles. The maximum Gasteiger partial charge on any atom is 0.319 e. The number of anilines is 3. The van der Waals surface area contributed by atoms with Crippen LogP contribution in [0.3, 0.4) is 0 Å². The average molecular weight is 630 g/mol. The zero-order chi connectivity index (χ0) is 32.9. The van der Waals surface area contributed by atoms with E-state index in [0.29, 0.717) is 46.8 Å². The molecule has 0 bridgehead atoms. The van der Waals surface area contributed by atoms with E-state index in [1.807, 2.05) is 45.0 Å². The third-order valence-corrected chi connectivity index (χ3v) is 8.63. The fourth-order valence-electron chi connectivity index (χ4n) is 5.69. The number of nitrogens with one attached hydrogen (secondary N) is 3. The zero-order valence-corrected chi connectivity index (χ0v) is 28.1. The lowest BCUT2D eigenvalue weighted by Crippen LogP contribution is -2.43. The Kier molecular flexibility index (Phi) is 13.1. The van der Waals surface area contributed by atoms with Crippen LogP contribution < -0.4 is 30.3 Å². The Morgan fingerprint density at radius 3 is 2.17 bits per heavy atom. The molecule has 0 atom stereocenters. The topological polar surface area (TPSA) is 95.2 Å². The second-order valence-corrected chi connectivity index (χ2v) is 11.9. The molecule has 248 valence electrons. The van der Waals surface area contributed by atoms with Gasteiger partial charge in [-0.1, -0.05) is 27.2 Å². The minimum atomic E-state index is -0.250. The van der Waals surface area contributed by atoms with Crippen molar-refractivity contribution < 1.29 is 19.1 Å². The number of ether oxygens (including phenoxy) is 2. The van der Waals surface area contributed by atoms with E-state index < -0.39 is 0 Å². The molecular formula is C37H51N5O4. The Labute approximate surface area is 274 Å². The van der Waals surface area contributed by atoms with E-state index in [1.54, 1.807) is 42.5 Å². The number of nitrogens with zero attached hydrogens (tertiary/aromatic N) is 2. The molecule has 1 aliphatic heterocycles. The first kappa shape index (κ1) is 34.6. The van der Waals surface area contributed by atoms with Crippen molar-refractivity contribution in [2.24, 2.45) is 0 Å². The first-order valence-corrected chi connectivity index (χ1v) is 16.8. The minimum absolute atomic E-state index is 0.127. The Morgan fingerprint density at radius 2 is 1.54 bits per heavy atom. The van der Waals surface area contributed by atoms with Gasteiger partial charge in [-0.3, -0.25) is 4.79 Å². The van der Waals surface area contributed by atoms with Crippen LogP contribution in [0.25, 0.3) is 0 Å². The third kappa shape index (κ3) is 9.88. The average Bonchev–Trinajstić information content (AvgIpc) is 3.08. The fraction of sp³-hybridized carbons (Fsp3) is 0.459. The van der Waals surface area contributed by atoms with Crippen LogP contribution in [0.2, 0.25) is 0 Å². The van der Waals surface area contributed by atoms with E-state index in [4.69, 9.17) is 9.47 Å². The molecule has 0 aromatic heterocycles. The normalized spacial score (nSPS) is 13.7.